The largest absolute Gasteiger partial charge is 0.493 e. The maximum Gasteiger partial charge on any atom is 0.246 e. The molecule has 0 aromatic heterocycles. The number of aryl methyl sites for hydroxylation is 1. The molecule has 0 saturated heterocycles. The summed E-state index contributed by atoms with van der Waals surface area (Å²) in [5.74, 6) is 0.750. The lowest BCUT2D eigenvalue weighted by Crippen LogP contribution is -2.55. The number of methoxy groups -OCH3 is 3. The minimum absolute atomic E-state index is 0.101. The first-order valence-electron chi connectivity index (χ1n) is 16.6. The summed E-state index contributed by atoms with van der Waals surface area (Å²) in [5.41, 5.74) is 4.87. The highest BCUT2D eigenvalue weighted by molar-refractivity contribution is 5.92. The molecule has 11 heteroatoms. The van der Waals surface area contributed by atoms with Crippen LogP contribution in [-0.4, -0.2) is 63.1 Å². The molecule has 1 aliphatic heterocycles. The highest BCUT2D eigenvalue weighted by Crippen LogP contribution is 2.50. The number of anilines is 1. The summed E-state index contributed by atoms with van der Waals surface area (Å²) in [7, 11) is 6.22. The molecule has 3 amide bonds. The number of rotatable bonds is 10. The van der Waals surface area contributed by atoms with E-state index in [1.54, 1.807) is 32.2 Å². The molecule has 0 radical (unpaired) electrons. The van der Waals surface area contributed by atoms with Gasteiger partial charge in [0.15, 0.2) is 11.5 Å². The molecule has 0 spiro atoms. The number of carbonyl (C=O) groups excluding carboxylic acids is 3. The summed E-state index contributed by atoms with van der Waals surface area (Å²) in [6.07, 6.45) is 1.93. The number of benzene rings is 2. The van der Waals surface area contributed by atoms with E-state index < -0.39 is 18.1 Å². The molecule has 0 fully saturated rings. The van der Waals surface area contributed by atoms with E-state index in [1.165, 1.54) is 20.1 Å². The first-order chi connectivity index (χ1) is 23.5. The van der Waals surface area contributed by atoms with Crippen molar-refractivity contribution >= 4 is 23.4 Å². The number of ether oxygens (including phenoxy) is 3. The Morgan fingerprint density at radius 2 is 1.65 bits per heavy atom. The van der Waals surface area contributed by atoms with Crippen molar-refractivity contribution in [2.75, 3.05) is 33.7 Å². The van der Waals surface area contributed by atoms with E-state index in [2.05, 4.69) is 16.0 Å². The summed E-state index contributed by atoms with van der Waals surface area (Å²) >= 11 is 0. The van der Waals surface area contributed by atoms with Crippen molar-refractivity contribution in [1.82, 2.24) is 15.5 Å². The van der Waals surface area contributed by atoms with Crippen molar-refractivity contribution in [1.29, 1.82) is 0 Å². The van der Waals surface area contributed by atoms with Gasteiger partial charge >= 0.3 is 0 Å². The smallest absolute Gasteiger partial charge is 0.246 e. The van der Waals surface area contributed by atoms with Crippen LogP contribution in [0.3, 0.4) is 0 Å². The van der Waals surface area contributed by atoms with Gasteiger partial charge in [0.1, 0.15) is 12.1 Å². The minimum Gasteiger partial charge on any atom is -0.493 e. The maximum atomic E-state index is 14.4. The summed E-state index contributed by atoms with van der Waals surface area (Å²) in [6, 6.07) is 12.8. The predicted octanol–water partition coefficient (Wildman–Crippen LogP) is 4.39. The second kappa shape index (κ2) is 15.0. The second-order valence-electron chi connectivity index (χ2n) is 13.0. The van der Waals surface area contributed by atoms with Crippen LogP contribution in [0.4, 0.5) is 5.69 Å². The normalized spacial score (nSPS) is 17.0. The number of fused-ring (bicyclic) bond motifs is 4. The number of likely N-dealkylation sites (N-methyl/N-ethyl adjacent to an activating group) is 1. The van der Waals surface area contributed by atoms with E-state index in [4.69, 9.17) is 14.2 Å². The van der Waals surface area contributed by atoms with Crippen molar-refractivity contribution in [3.8, 4) is 28.4 Å². The van der Waals surface area contributed by atoms with E-state index in [9.17, 15) is 19.2 Å². The molecular weight excluding hydrogens is 624 g/mol. The fourth-order valence-corrected chi connectivity index (χ4v) is 7.06. The molecule has 0 bridgehead atoms. The summed E-state index contributed by atoms with van der Waals surface area (Å²) in [5, 5.41) is 9.03. The van der Waals surface area contributed by atoms with E-state index in [0.717, 1.165) is 22.3 Å². The van der Waals surface area contributed by atoms with Crippen LogP contribution in [0.2, 0.25) is 0 Å². The van der Waals surface area contributed by atoms with Crippen LogP contribution in [0, 0.1) is 5.92 Å². The number of hydrogen-bond acceptors (Lipinski definition) is 8. The lowest BCUT2D eigenvalue weighted by Gasteiger charge is -2.38. The van der Waals surface area contributed by atoms with Crippen LogP contribution in [0.1, 0.15) is 61.9 Å². The first-order valence-corrected chi connectivity index (χ1v) is 16.6. The molecule has 1 aliphatic carbocycles. The fourth-order valence-electron chi connectivity index (χ4n) is 7.06. The quantitative estimate of drug-likeness (QED) is 0.289. The minimum atomic E-state index is -0.787. The molecule has 3 atom stereocenters. The van der Waals surface area contributed by atoms with Gasteiger partial charge in [0.25, 0.3) is 0 Å². The number of amides is 3. The lowest BCUT2D eigenvalue weighted by molar-refractivity contribution is -0.142. The second-order valence-corrected chi connectivity index (χ2v) is 13.0. The molecule has 3 N–H and O–H groups in total. The van der Waals surface area contributed by atoms with Crippen LogP contribution in [0.25, 0.3) is 11.1 Å². The Balaban J connectivity index is 1.62. The van der Waals surface area contributed by atoms with Gasteiger partial charge in [-0.05, 0) is 71.2 Å². The van der Waals surface area contributed by atoms with E-state index in [1.807, 2.05) is 50.2 Å². The number of carbonyl (C=O) groups is 3. The summed E-state index contributed by atoms with van der Waals surface area (Å²) < 4.78 is 17.2. The Labute approximate surface area is 287 Å². The summed E-state index contributed by atoms with van der Waals surface area (Å²) in [4.78, 5) is 55.6. The molecule has 1 heterocycles. The average molecular weight is 671 g/mol. The maximum absolute atomic E-state index is 14.4. The van der Waals surface area contributed by atoms with Crippen molar-refractivity contribution in [2.45, 2.75) is 71.1 Å². The van der Waals surface area contributed by atoms with Crippen molar-refractivity contribution in [3.05, 3.63) is 81.0 Å². The SMILES string of the molecule is CNC(=O)[C@@H]1Cc2ccccc2CN1C(=O)[C@H](CC(C)C)Nc1ccc2c(cc1=O)[C@@H](NC(C)=O)CCc1cc(OC)c(OC)c(OC)c1-2. The number of hydrogen-bond donors (Lipinski definition) is 3. The van der Waals surface area contributed by atoms with Crippen LogP contribution in [-0.2, 0) is 33.8 Å². The highest BCUT2D eigenvalue weighted by Gasteiger charge is 2.38. The van der Waals surface area contributed by atoms with Crippen molar-refractivity contribution in [2.24, 2.45) is 5.92 Å². The van der Waals surface area contributed by atoms with Crippen LogP contribution in [0.5, 0.6) is 17.2 Å². The number of nitrogens with one attached hydrogen (secondary N) is 3. The van der Waals surface area contributed by atoms with Gasteiger partial charge in [-0.3, -0.25) is 19.2 Å². The molecule has 5 rings (SSSR count). The highest BCUT2D eigenvalue weighted by atomic mass is 16.5. The average Bonchev–Trinajstić information content (AvgIpc) is 3.33. The zero-order valence-electron chi connectivity index (χ0n) is 29.3. The van der Waals surface area contributed by atoms with Gasteiger partial charge < -0.3 is 35.1 Å². The Bertz CT molecular complexity index is 1810. The Morgan fingerprint density at radius 3 is 2.29 bits per heavy atom. The van der Waals surface area contributed by atoms with Gasteiger partial charge in [-0.1, -0.05) is 44.2 Å². The van der Waals surface area contributed by atoms with Crippen molar-refractivity contribution in [3.63, 3.8) is 0 Å². The van der Waals surface area contributed by atoms with Gasteiger partial charge in [-0.2, -0.15) is 0 Å². The Kier molecular flexibility index (Phi) is 10.8. The Morgan fingerprint density at radius 1 is 0.939 bits per heavy atom. The van der Waals surface area contributed by atoms with Crippen LogP contribution < -0.4 is 35.6 Å². The van der Waals surface area contributed by atoms with E-state index >= 15 is 0 Å². The molecule has 3 aromatic rings. The Hall–Kier alpha value is -5.06. The van der Waals surface area contributed by atoms with E-state index in [0.29, 0.717) is 54.1 Å². The van der Waals surface area contributed by atoms with Gasteiger partial charge in [0, 0.05) is 32.5 Å². The third kappa shape index (κ3) is 7.21. The van der Waals surface area contributed by atoms with Gasteiger partial charge in [-0.25, -0.2) is 0 Å². The molecule has 260 valence electrons. The topological polar surface area (TPSA) is 135 Å². The van der Waals surface area contributed by atoms with Gasteiger partial charge in [0.05, 0.1) is 33.1 Å². The van der Waals surface area contributed by atoms with Crippen LogP contribution in [0.15, 0.2) is 53.3 Å². The molecule has 11 nitrogen and oxygen atoms in total. The van der Waals surface area contributed by atoms with E-state index in [-0.39, 0.29) is 41.3 Å². The van der Waals surface area contributed by atoms with Gasteiger partial charge in [-0.15, -0.1) is 0 Å². The third-order valence-electron chi connectivity index (χ3n) is 9.33. The fraction of sp³-hybridized carbons (Fsp3) is 0.421. The summed E-state index contributed by atoms with van der Waals surface area (Å²) in [6.45, 7) is 5.76. The van der Waals surface area contributed by atoms with Gasteiger partial charge in [0.2, 0.25) is 28.9 Å². The molecule has 0 saturated carbocycles. The monoisotopic (exact) mass is 670 g/mol. The third-order valence-corrected chi connectivity index (χ3v) is 9.33. The molecule has 0 unspecified atom stereocenters. The van der Waals surface area contributed by atoms with Crippen molar-refractivity contribution < 1.29 is 28.6 Å². The molecular formula is C38H46N4O7. The lowest BCUT2D eigenvalue weighted by atomic mass is 9.92. The predicted molar refractivity (Wildman–Crippen MR) is 188 cm³/mol. The van der Waals surface area contributed by atoms with Crippen LogP contribution >= 0.6 is 0 Å². The first kappa shape index (κ1) is 35.3. The molecule has 2 aliphatic rings. The zero-order valence-corrected chi connectivity index (χ0v) is 29.3. The molecule has 49 heavy (non-hydrogen) atoms. The molecule has 3 aromatic carbocycles. The standard InChI is InChI=1S/C38H46N4O7/c1-21(2)16-30(38(46)42-20-25-11-9-8-10-23(25)17-31(42)37(45)39-4)41-29-15-13-26-27(19-32(29)44)28(40-22(3)43)14-12-24-18-33(47-5)35(48-6)36(49-7)34(24)26/h8-11,13,15,18-19,21,28,30-31H,12,14,16-17,20H2,1-7H3,(H,39,45)(H,40,43)(H,41,44)/t28-,30-,31-/m0/s1. The zero-order chi connectivity index (χ0) is 35.4. The number of nitrogens with zero attached hydrogens (tertiary/aromatic N) is 1.